The Labute approximate surface area is 114 Å². The van der Waals surface area contributed by atoms with Gasteiger partial charge in [-0.25, -0.2) is 4.68 Å². The van der Waals surface area contributed by atoms with Gasteiger partial charge in [0.05, 0.1) is 18.9 Å². The van der Waals surface area contributed by atoms with Crippen molar-refractivity contribution in [1.82, 2.24) is 20.3 Å². The van der Waals surface area contributed by atoms with Crippen LogP contribution in [0.5, 0.6) is 0 Å². The highest BCUT2D eigenvalue weighted by molar-refractivity contribution is 5.17. The number of ether oxygens (including phenoxy) is 2. The van der Waals surface area contributed by atoms with E-state index < -0.39 is 0 Å². The molecule has 2 rings (SSSR count). The Bertz CT molecular complexity index is 388. The average Bonchev–Trinajstić information content (AvgIpc) is 2.99. The molecule has 6 nitrogen and oxygen atoms in total. The lowest BCUT2D eigenvalue weighted by Gasteiger charge is -2.16. The highest BCUT2D eigenvalue weighted by Crippen LogP contribution is 2.27. The molecule has 0 saturated carbocycles. The Morgan fingerprint density at radius 2 is 2.42 bits per heavy atom. The number of nitrogens with zero attached hydrogens (tertiary/aromatic N) is 3. The number of hydrogen-bond acceptors (Lipinski definition) is 5. The molecule has 1 aliphatic rings. The maximum absolute atomic E-state index is 5.51. The van der Waals surface area contributed by atoms with Gasteiger partial charge in [0, 0.05) is 32.7 Å². The second-order valence-electron chi connectivity index (χ2n) is 5.25. The summed E-state index contributed by atoms with van der Waals surface area (Å²) in [7, 11) is 3.66. The minimum atomic E-state index is 0.424. The van der Waals surface area contributed by atoms with E-state index in [0.29, 0.717) is 11.8 Å². The minimum Gasteiger partial charge on any atom is -0.384 e. The number of nitrogens with one attached hydrogen (secondary N) is 1. The molecule has 1 aromatic rings. The molecule has 0 radical (unpaired) electrons. The molecule has 6 heteroatoms. The van der Waals surface area contributed by atoms with E-state index in [1.807, 2.05) is 11.7 Å². The molecular formula is C13H24N4O2. The number of aromatic nitrogens is 3. The number of hydrogen-bond donors (Lipinski definition) is 1. The van der Waals surface area contributed by atoms with E-state index in [-0.39, 0.29) is 0 Å². The van der Waals surface area contributed by atoms with Gasteiger partial charge in [-0.2, -0.15) is 0 Å². The smallest absolute Gasteiger partial charge is 0.100 e. The van der Waals surface area contributed by atoms with E-state index in [1.54, 1.807) is 7.11 Å². The zero-order valence-electron chi connectivity index (χ0n) is 12.1. The van der Waals surface area contributed by atoms with Crippen LogP contribution < -0.4 is 5.32 Å². The average molecular weight is 268 g/mol. The fraction of sp³-hybridized carbons (Fsp3) is 0.846. The third-order valence-corrected chi connectivity index (χ3v) is 3.44. The quantitative estimate of drug-likeness (QED) is 0.792. The van der Waals surface area contributed by atoms with Gasteiger partial charge in [-0.05, 0) is 19.4 Å². The lowest BCUT2D eigenvalue weighted by atomic mass is 10.0. The fourth-order valence-corrected chi connectivity index (χ4v) is 2.61. The van der Waals surface area contributed by atoms with E-state index in [4.69, 9.17) is 9.47 Å². The van der Waals surface area contributed by atoms with Crippen molar-refractivity contribution in [3.63, 3.8) is 0 Å². The number of methoxy groups -OCH3 is 1. The van der Waals surface area contributed by atoms with Gasteiger partial charge >= 0.3 is 0 Å². The normalized spacial score (nSPS) is 20.9. The molecule has 1 saturated heterocycles. The second-order valence-corrected chi connectivity index (χ2v) is 5.25. The van der Waals surface area contributed by atoms with Crippen LogP contribution in [0.15, 0.2) is 0 Å². The molecule has 0 spiro atoms. The van der Waals surface area contributed by atoms with Crippen molar-refractivity contribution in [3.05, 3.63) is 11.4 Å². The largest absolute Gasteiger partial charge is 0.384 e. The van der Waals surface area contributed by atoms with Crippen molar-refractivity contribution >= 4 is 0 Å². The highest BCUT2D eigenvalue weighted by atomic mass is 16.5. The van der Waals surface area contributed by atoms with Crippen molar-refractivity contribution in [3.8, 4) is 0 Å². The molecular weight excluding hydrogens is 244 g/mol. The van der Waals surface area contributed by atoms with E-state index in [1.165, 1.54) is 5.69 Å². The monoisotopic (exact) mass is 268 g/mol. The lowest BCUT2D eigenvalue weighted by molar-refractivity contribution is 0.148. The van der Waals surface area contributed by atoms with Crippen molar-refractivity contribution in [1.29, 1.82) is 0 Å². The Kier molecular flexibility index (Phi) is 5.30. The molecule has 1 aromatic heterocycles. The van der Waals surface area contributed by atoms with Crippen LogP contribution in [-0.2, 0) is 22.6 Å². The summed E-state index contributed by atoms with van der Waals surface area (Å²) < 4.78 is 12.7. The molecule has 0 aromatic carbocycles. The van der Waals surface area contributed by atoms with Crippen molar-refractivity contribution in [2.75, 3.05) is 34.0 Å². The van der Waals surface area contributed by atoms with Crippen LogP contribution in [0.4, 0.5) is 0 Å². The summed E-state index contributed by atoms with van der Waals surface area (Å²) in [5.41, 5.74) is 2.28. The second kappa shape index (κ2) is 6.98. The first-order valence-electron chi connectivity index (χ1n) is 6.89. The molecule has 0 bridgehead atoms. The van der Waals surface area contributed by atoms with Gasteiger partial charge in [-0.3, -0.25) is 0 Å². The van der Waals surface area contributed by atoms with Gasteiger partial charge in [0.25, 0.3) is 0 Å². The van der Waals surface area contributed by atoms with Gasteiger partial charge in [0.2, 0.25) is 0 Å². The van der Waals surface area contributed by atoms with Gasteiger partial charge in [0.1, 0.15) is 5.69 Å². The standard InChI is InChI=1S/C13H24N4O2/c1-10(8-18-3)7-17-13(11-4-5-19-9-11)12(6-14-2)15-16-17/h10-11,14H,4-9H2,1-3H3. The van der Waals surface area contributed by atoms with Crippen LogP contribution in [0.1, 0.15) is 30.7 Å². The van der Waals surface area contributed by atoms with E-state index in [0.717, 1.165) is 45.0 Å². The molecule has 1 aliphatic heterocycles. The maximum atomic E-state index is 5.51. The van der Waals surface area contributed by atoms with Crippen molar-refractivity contribution in [2.24, 2.45) is 5.92 Å². The molecule has 1 fully saturated rings. The van der Waals surface area contributed by atoms with E-state index >= 15 is 0 Å². The summed E-state index contributed by atoms with van der Waals surface area (Å²) in [4.78, 5) is 0. The Morgan fingerprint density at radius 1 is 1.58 bits per heavy atom. The third kappa shape index (κ3) is 3.52. The molecule has 108 valence electrons. The van der Waals surface area contributed by atoms with Gasteiger partial charge < -0.3 is 14.8 Å². The van der Waals surface area contributed by atoms with Gasteiger partial charge in [0.15, 0.2) is 0 Å². The highest BCUT2D eigenvalue weighted by Gasteiger charge is 2.26. The summed E-state index contributed by atoms with van der Waals surface area (Å²) in [6.07, 6.45) is 1.06. The molecule has 2 atom stereocenters. The predicted octanol–water partition coefficient (Wildman–Crippen LogP) is 0.784. The lowest BCUT2D eigenvalue weighted by Crippen LogP contribution is -2.19. The van der Waals surface area contributed by atoms with Crippen LogP contribution >= 0.6 is 0 Å². The summed E-state index contributed by atoms with van der Waals surface area (Å²) >= 11 is 0. The van der Waals surface area contributed by atoms with Crippen molar-refractivity contribution in [2.45, 2.75) is 32.4 Å². The van der Waals surface area contributed by atoms with Crippen LogP contribution in [0.3, 0.4) is 0 Å². The zero-order valence-corrected chi connectivity index (χ0v) is 12.1. The van der Waals surface area contributed by atoms with Crippen molar-refractivity contribution < 1.29 is 9.47 Å². The minimum absolute atomic E-state index is 0.424. The Hall–Kier alpha value is -0.980. The fourth-order valence-electron chi connectivity index (χ4n) is 2.61. The zero-order chi connectivity index (χ0) is 13.7. The molecule has 1 N–H and O–H groups in total. The van der Waals surface area contributed by atoms with Crippen LogP contribution in [-0.4, -0.2) is 49.0 Å². The summed E-state index contributed by atoms with van der Waals surface area (Å²) in [6, 6.07) is 0. The SMILES string of the molecule is CNCc1nnn(CC(C)COC)c1C1CCOC1. The van der Waals surface area contributed by atoms with Crippen LogP contribution in [0.25, 0.3) is 0 Å². The van der Waals surface area contributed by atoms with Crippen LogP contribution in [0.2, 0.25) is 0 Å². The van der Waals surface area contributed by atoms with Gasteiger partial charge in [-0.1, -0.05) is 12.1 Å². The molecule has 2 heterocycles. The van der Waals surface area contributed by atoms with Gasteiger partial charge in [-0.15, -0.1) is 5.10 Å². The molecule has 0 amide bonds. The summed E-state index contributed by atoms with van der Waals surface area (Å²) in [5, 5.41) is 11.8. The molecule has 19 heavy (non-hydrogen) atoms. The first kappa shape index (κ1) is 14.4. The summed E-state index contributed by atoms with van der Waals surface area (Å²) in [6.45, 7) is 6.12. The predicted molar refractivity (Wildman–Crippen MR) is 72.0 cm³/mol. The topological polar surface area (TPSA) is 61.2 Å². The Balaban J connectivity index is 2.16. The number of rotatable bonds is 7. The Morgan fingerprint density at radius 3 is 3.05 bits per heavy atom. The van der Waals surface area contributed by atoms with E-state index in [2.05, 4.69) is 22.6 Å². The first-order chi connectivity index (χ1) is 9.26. The maximum Gasteiger partial charge on any atom is 0.100 e. The first-order valence-corrected chi connectivity index (χ1v) is 6.89. The summed E-state index contributed by atoms with van der Waals surface area (Å²) in [5.74, 6) is 0.850. The molecule has 2 unspecified atom stereocenters. The molecule has 0 aliphatic carbocycles. The third-order valence-electron chi connectivity index (χ3n) is 3.44. The van der Waals surface area contributed by atoms with Crippen LogP contribution in [0, 0.1) is 5.92 Å². The van der Waals surface area contributed by atoms with E-state index in [9.17, 15) is 0 Å².